The number of nitriles is 1. The number of hydrogen-bond donors (Lipinski definition) is 1. The molecule has 1 aromatic rings. The Morgan fingerprint density at radius 3 is 2.59 bits per heavy atom. The molecule has 0 amide bonds. The van der Waals surface area contributed by atoms with Crippen molar-refractivity contribution in [2.45, 2.75) is 36.9 Å². The van der Waals surface area contributed by atoms with E-state index in [9.17, 15) is 8.42 Å². The SMILES string of the molecule is CCC(C)(C#N)NS(=O)(=O)c1cc(C)c(Br)s1. The van der Waals surface area contributed by atoms with Crippen LogP contribution >= 0.6 is 27.3 Å². The van der Waals surface area contributed by atoms with Gasteiger partial charge in [0.15, 0.2) is 0 Å². The van der Waals surface area contributed by atoms with E-state index in [0.717, 1.165) is 20.7 Å². The highest BCUT2D eigenvalue weighted by atomic mass is 79.9. The summed E-state index contributed by atoms with van der Waals surface area (Å²) >= 11 is 4.42. The first-order valence-corrected chi connectivity index (χ1v) is 8.04. The van der Waals surface area contributed by atoms with Gasteiger partial charge in [-0.15, -0.1) is 11.3 Å². The van der Waals surface area contributed by atoms with Gasteiger partial charge < -0.3 is 0 Å². The minimum atomic E-state index is -3.63. The normalized spacial score (nSPS) is 15.2. The van der Waals surface area contributed by atoms with E-state index in [1.165, 1.54) is 0 Å². The van der Waals surface area contributed by atoms with Gasteiger partial charge in [-0.1, -0.05) is 6.92 Å². The maximum atomic E-state index is 12.1. The first kappa shape index (κ1) is 14.6. The molecule has 0 radical (unpaired) electrons. The largest absolute Gasteiger partial charge is 0.251 e. The van der Waals surface area contributed by atoms with Crippen molar-refractivity contribution in [2.24, 2.45) is 0 Å². The fourth-order valence-corrected chi connectivity index (χ4v) is 4.71. The molecular weight excluding hydrogens is 324 g/mol. The third-order valence-corrected chi connectivity index (χ3v) is 6.62. The number of aryl methyl sites for hydroxylation is 1. The van der Waals surface area contributed by atoms with Gasteiger partial charge in [0, 0.05) is 0 Å². The van der Waals surface area contributed by atoms with Crippen molar-refractivity contribution in [3.63, 3.8) is 0 Å². The third kappa shape index (κ3) is 3.28. The second kappa shape index (κ2) is 5.06. The van der Waals surface area contributed by atoms with Crippen LogP contribution in [0.4, 0.5) is 0 Å². The molecule has 1 N–H and O–H groups in total. The molecule has 94 valence electrons. The molecule has 7 heteroatoms. The van der Waals surface area contributed by atoms with Gasteiger partial charge >= 0.3 is 0 Å². The second-order valence-electron chi connectivity index (χ2n) is 3.93. The monoisotopic (exact) mass is 336 g/mol. The number of sulfonamides is 1. The molecule has 0 saturated carbocycles. The van der Waals surface area contributed by atoms with Gasteiger partial charge in [0.2, 0.25) is 0 Å². The van der Waals surface area contributed by atoms with Crippen LogP contribution in [-0.4, -0.2) is 14.0 Å². The van der Waals surface area contributed by atoms with E-state index in [-0.39, 0.29) is 4.21 Å². The molecule has 0 fully saturated rings. The number of halogens is 1. The van der Waals surface area contributed by atoms with Crippen LogP contribution in [0.3, 0.4) is 0 Å². The van der Waals surface area contributed by atoms with Crippen LogP contribution < -0.4 is 4.72 Å². The quantitative estimate of drug-likeness (QED) is 0.918. The highest BCUT2D eigenvalue weighted by Gasteiger charge is 2.30. The van der Waals surface area contributed by atoms with Crippen LogP contribution in [-0.2, 0) is 10.0 Å². The Morgan fingerprint density at radius 1 is 1.65 bits per heavy atom. The summed E-state index contributed by atoms with van der Waals surface area (Å²) < 4.78 is 27.5. The zero-order chi connectivity index (χ0) is 13.3. The summed E-state index contributed by atoms with van der Waals surface area (Å²) in [5, 5.41) is 8.97. The Morgan fingerprint density at radius 2 is 2.24 bits per heavy atom. The van der Waals surface area contributed by atoms with Gasteiger partial charge in [-0.3, -0.25) is 0 Å². The van der Waals surface area contributed by atoms with E-state index in [2.05, 4.69) is 20.7 Å². The van der Waals surface area contributed by atoms with Gasteiger partial charge in [-0.25, -0.2) is 8.42 Å². The van der Waals surface area contributed by atoms with Crippen molar-refractivity contribution >= 4 is 37.3 Å². The molecule has 1 unspecified atom stereocenters. The average molecular weight is 337 g/mol. The first-order chi connectivity index (χ1) is 7.74. The molecule has 0 bridgehead atoms. The summed E-state index contributed by atoms with van der Waals surface area (Å²) in [4.78, 5) is 0. The molecule has 17 heavy (non-hydrogen) atoms. The van der Waals surface area contributed by atoms with Crippen molar-refractivity contribution in [3.05, 3.63) is 15.4 Å². The van der Waals surface area contributed by atoms with Crippen LogP contribution in [0.1, 0.15) is 25.8 Å². The Bertz CT molecular complexity index is 540. The number of nitrogens with zero attached hydrogens (tertiary/aromatic N) is 1. The lowest BCUT2D eigenvalue weighted by molar-refractivity contribution is 0.496. The third-order valence-electron chi connectivity index (χ3n) is 2.41. The Balaban J connectivity index is 3.10. The summed E-state index contributed by atoms with van der Waals surface area (Å²) in [5.74, 6) is 0. The standard InChI is InChI=1S/C10H13BrN2O2S2/c1-4-10(3,6-12)13-17(14,15)8-5-7(2)9(11)16-8/h5,13H,4H2,1-3H3. The molecule has 0 aliphatic carbocycles. The summed E-state index contributed by atoms with van der Waals surface area (Å²) in [6.07, 6.45) is 0.411. The predicted octanol–water partition coefficient (Wildman–Crippen LogP) is 2.79. The van der Waals surface area contributed by atoms with E-state index in [0.29, 0.717) is 6.42 Å². The summed E-state index contributed by atoms with van der Waals surface area (Å²) in [5.41, 5.74) is -0.200. The molecule has 1 atom stereocenters. The number of hydrogen-bond acceptors (Lipinski definition) is 4. The molecule has 4 nitrogen and oxygen atoms in total. The lowest BCUT2D eigenvalue weighted by Crippen LogP contribution is -2.43. The summed E-state index contributed by atoms with van der Waals surface area (Å²) in [6, 6.07) is 3.57. The Labute approximate surface area is 114 Å². The van der Waals surface area contributed by atoms with Gasteiger partial charge in [-0.2, -0.15) is 9.98 Å². The van der Waals surface area contributed by atoms with Crippen LogP contribution in [0.2, 0.25) is 0 Å². The Kier molecular flexibility index (Phi) is 4.36. The molecular formula is C10H13BrN2O2S2. The lowest BCUT2D eigenvalue weighted by atomic mass is 10.0. The van der Waals surface area contributed by atoms with Crippen LogP contribution in [0, 0.1) is 18.3 Å². The highest BCUT2D eigenvalue weighted by molar-refractivity contribution is 9.11. The van der Waals surface area contributed by atoms with Gasteiger partial charge in [0.25, 0.3) is 10.0 Å². The summed E-state index contributed by atoms with van der Waals surface area (Å²) in [6.45, 7) is 5.16. The van der Waals surface area contributed by atoms with Crippen molar-refractivity contribution in [1.82, 2.24) is 4.72 Å². The fraction of sp³-hybridized carbons (Fsp3) is 0.500. The number of nitrogens with one attached hydrogen (secondary N) is 1. The van der Waals surface area contributed by atoms with E-state index in [1.54, 1.807) is 19.9 Å². The molecule has 1 heterocycles. The van der Waals surface area contributed by atoms with E-state index < -0.39 is 15.6 Å². The molecule has 0 aliphatic heterocycles. The smallest absolute Gasteiger partial charge is 0.206 e. The zero-order valence-electron chi connectivity index (χ0n) is 9.74. The van der Waals surface area contributed by atoms with Gasteiger partial charge in [0.05, 0.1) is 9.86 Å². The van der Waals surface area contributed by atoms with E-state index in [4.69, 9.17) is 5.26 Å². The summed E-state index contributed by atoms with van der Waals surface area (Å²) in [7, 11) is -3.63. The van der Waals surface area contributed by atoms with Crippen LogP contribution in [0.5, 0.6) is 0 Å². The molecule has 0 aromatic carbocycles. The van der Waals surface area contributed by atoms with Gasteiger partial charge in [-0.05, 0) is 47.8 Å². The predicted molar refractivity (Wildman–Crippen MR) is 71.4 cm³/mol. The van der Waals surface area contributed by atoms with Crippen LogP contribution in [0.15, 0.2) is 14.1 Å². The highest BCUT2D eigenvalue weighted by Crippen LogP contribution is 2.31. The number of thiophene rings is 1. The van der Waals surface area contributed by atoms with Gasteiger partial charge in [0.1, 0.15) is 9.75 Å². The van der Waals surface area contributed by atoms with Crippen molar-refractivity contribution in [1.29, 1.82) is 5.26 Å². The van der Waals surface area contributed by atoms with E-state index in [1.807, 2.05) is 13.0 Å². The minimum absolute atomic E-state index is 0.219. The number of rotatable bonds is 4. The Hall–Kier alpha value is -0.420. The van der Waals surface area contributed by atoms with Crippen molar-refractivity contribution < 1.29 is 8.42 Å². The maximum Gasteiger partial charge on any atom is 0.251 e. The molecule has 0 saturated heterocycles. The maximum absolute atomic E-state index is 12.1. The van der Waals surface area contributed by atoms with Crippen LogP contribution in [0.25, 0.3) is 0 Å². The topological polar surface area (TPSA) is 70.0 Å². The fourth-order valence-electron chi connectivity index (χ4n) is 1.09. The molecule has 0 spiro atoms. The second-order valence-corrected chi connectivity index (χ2v) is 8.20. The van der Waals surface area contributed by atoms with Crippen molar-refractivity contribution in [2.75, 3.05) is 0 Å². The zero-order valence-corrected chi connectivity index (χ0v) is 13.0. The average Bonchev–Trinajstić information content (AvgIpc) is 2.59. The first-order valence-electron chi connectivity index (χ1n) is 4.95. The lowest BCUT2D eigenvalue weighted by Gasteiger charge is -2.20. The molecule has 1 aromatic heterocycles. The minimum Gasteiger partial charge on any atom is -0.206 e. The molecule has 0 aliphatic rings. The molecule has 1 rings (SSSR count). The van der Waals surface area contributed by atoms with Crippen molar-refractivity contribution in [3.8, 4) is 6.07 Å². The van der Waals surface area contributed by atoms with E-state index >= 15 is 0 Å².